The molecule has 0 spiro atoms. The monoisotopic (exact) mass is 294 g/mol. The molecule has 5 N–H and O–H groups in total. The average molecular weight is 294 g/mol. The van der Waals surface area contributed by atoms with Gasteiger partial charge in [-0.1, -0.05) is 0 Å². The van der Waals surface area contributed by atoms with Crippen LogP contribution in [-0.4, -0.2) is 67.3 Å². The van der Waals surface area contributed by atoms with Crippen LogP contribution in [0.2, 0.25) is 0 Å². The van der Waals surface area contributed by atoms with Gasteiger partial charge in [-0.05, 0) is 25.2 Å². The summed E-state index contributed by atoms with van der Waals surface area (Å²) in [4.78, 5) is 14.5. The normalized spacial score (nSPS) is 18.4. The van der Waals surface area contributed by atoms with Gasteiger partial charge in [-0.3, -0.25) is 14.9 Å². The van der Waals surface area contributed by atoms with Crippen LogP contribution >= 0.6 is 0 Å². The van der Waals surface area contributed by atoms with Gasteiger partial charge in [0.05, 0.1) is 31.5 Å². The number of amides is 1. The van der Waals surface area contributed by atoms with E-state index in [1.165, 1.54) is 6.07 Å². The van der Waals surface area contributed by atoms with E-state index in [1.807, 2.05) is 7.05 Å². The first-order chi connectivity index (χ1) is 9.81. The van der Waals surface area contributed by atoms with Gasteiger partial charge in [0.1, 0.15) is 0 Å². The molecule has 1 amide bonds. The maximum absolute atomic E-state index is 12.3. The Balaban J connectivity index is 2.05. The number of hydrogen-bond donors (Lipinski definition) is 3. The van der Waals surface area contributed by atoms with Gasteiger partial charge in [0.25, 0.3) is 0 Å². The number of likely N-dealkylation sites (N-methyl/N-ethyl adjacent to an activating group) is 2. The van der Waals surface area contributed by atoms with Crippen LogP contribution < -0.4 is 16.5 Å². The van der Waals surface area contributed by atoms with Crippen molar-refractivity contribution in [3.05, 3.63) is 18.2 Å². The zero-order valence-electron chi connectivity index (χ0n) is 12.6. The number of nitrogens with two attached hydrogens (primary N) is 2. The molecule has 0 radical (unpaired) electrons. The van der Waals surface area contributed by atoms with E-state index < -0.39 is 0 Å². The van der Waals surface area contributed by atoms with Gasteiger partial charge in [-0.2, -0.15) is 5.06 Å². The fourth-order valence-electron chi connectivity index (χ4n) is 2.50. The van der Waals surface area contributed by atoms with E-state index in [9.17, 15) is 10.0 Å². The summed E-state index contributed by atoms with van der Waals surface area (Å²) in [5.74, 6) is -0.362. The minimum Gasteiger partial charge on any atom is -0.399 e. The Morgan fingerprint density at radius 3 is 2.57 bits per heavy atom. The van der Waals surface area contributed by atoms with Crippen molar-refractivity contribution < 1.29 is 14.5 Å². The van der Waals surface area contributed by atoms with E-state index in [2.05, 4.69) is 11.9 Å². The molecule has 116 valence electrons. The summed E-state index contributed by atoms with van der Waals surface area (Å²) in [5.41, 5.74) is 12.5. The van der Waals surface area contributed by atoms with Gasteiger partial charge in [0.2, 0.25) is 0 Å². The first kappa shape index (κ1) is 15.6. The number of nitrogens with zero attached hydrogens (tertiary/aromatic N) is 3. The van der Waals surface area contributed by atoms with Crippen LogP contribution in [0.3, 0.4) is 0 Å². The predicted molar refractivity (Wildman–Crippen MR) is 82.8 cm³/mol. The molecule has 0 saturated carbocycles. The number of hydrogen-bond acceptors (Lipinski definition) is 5. The third-order valence-electron chi connectivity index (χ3n) is 4.08. The molecule has 7 heteroatoms. The summed E-state index contributed by atoms with van der Waals surface area (Å²) < 4.78 is 0.620. The third-order valence-corrected chi connectivity index (χ3v) is 4.08. The molecule has 1 saturated heterocycles. The van der Waals surface area contributed by atoms with Crippen LogP contribution in [0, 0.1) is 0 Å². The molecule has 0 atom stereocenters. The van der Waals surface area contributed by atoms with Crippen molar-refractivity contribution >= 4 is 23.0 Å². The van der Waals surface area contributed by atoms with Gasteiger partial charge in [-0.25, -0.2) is 0 Å². The summed E-state index contributed by atoms with van der Waals surface area (Å²) in [7, 11) is 4.10. The summed E-state index contributed by atoms with van der Waals surface area (Å²) in [6.07, 6.45) is 0. The number of quaternary nitrogens is 1. The van der Waals surface area contributed by atoms with Crippen LogP contribution in [0.15, 0.2) is 18.2 Å². The molecule has 0 unspecified atom stereocenters. The Morgan fingerprint density at radius 1 is 1.38 bits per heavy atom. The first-order valence-electron chi connectivity index (χ1n) is 7.00. The molecule has 7 nitrogen and oxygen atoms in total. The van der Waals surface area contributed by atoms with E-state index in [1.54, 1.807) is 12.1 Å². The van der Waals surface area contributed by atoms with Crippen molar-refractivity contribution in [1.29, 1.82) is 0 Å². The standard InChI is InChI=1S/C14H24N5O2/c1-17-5-7-19(2,8-6-17)10-14(20)18(21)13-4-3-11(15)9-12(13)16/h3-4,9,21H,5-8,10,15-16H2,1-2H3/q+1. The molecule has 1 aromatic carbocycles. The van der Waals surface area contributed by atoms with E-state index in [0.717, 1.165) is 26.2 Å². The second-order valence-corrected chi connectivity index (χ2v) is 6.05. The van der Waals surface area contributed by atoms with Crippen LogP contribution in [0.5, 0.6) is 0 Å². The predicted octanol–water partition coefficient (Wildman–Crippen LogP) is -0.0348. The van der Waals surface area contributed by atoms with Gasteiger partial charge >= 0.3 is 5.91 Å². The Kier molecular flexibility index (Phi) is 4.36. The van der Waals surface area contributed by atoms with Gasteiger partial charge in [-0.15, -0.1) is 0 Å². The zero-order chi connectivity index (χ0) is 15.6. The average Bonchev–Trinajstić information content (AvgIpc) is 2.42. The highest BCUT2D eigenvalue weighted by Crippen LogP contribution is 2.24. The fourth-order valence-corrected chi connectivity index (χ4v) is 2.50. The quantitative estimate of drug-likeness (QED) is 0.315. The number of nitrogen functional groups attached to an aromatic ring is 2. The maximum atomic E-state index is 12.3. The summed E-state index contributed by atoms with van der Waals surface area (Å²) in [6.45, 7) is 3.90. The lowest BCUT2D eigenvalue weighted by Crippen LogP contribution is -2.59. The second kappa shape index (κ2) is 5.88. The molecule has 1 fully saturated rings. The van der Waals surface area contributed by atoms with Gasteiger partial charge in [0.15, 0.2) is 6.54 Å². The second-order valence-electron chi connectivity index (χ2n) is 6.05. The Morgan fingerprint density at radius 2 is 2.00 bits per heavy atom. The highest BCUT2D eigenvalue weighted by Gasteiger charge is 2.32. The molecule has 0 bridgehead atoms. The summed E-state index contributed by atoms with van der Waals surface area (Å²) in [5, 5.41) is 10.7. The smallest absolute Gasteiger partial charge is 0.305 e. The lowest BCUT2D eigenvalue weighted by Gasteiger charge is -2.40. The Bertz CT molecular complexity index is 526. The van der Waals surface area contributed by atoms with E-state index in [0.29, 0.717) is 15.2 Å². The number of benzene rings is 1. The molecular formula is C14H24N5O2+. The Hall–Kier alpha value is -1.83. The molecule has 1 aromatic rings. The number of piperazine rings is 1. The number of hydroxylamine groups is 1. The lowest BCUT2D eigenvalue weighted by atomic mass is 10.2. The van der Waals surface area contributed by atoms with Crippen molar-refractivity contribution in [3.63, 3.8) is 0 Å². The van der Waals surface area contributed by atoms with Crippen molar-refractivity contribution in [3.8, 4) is 0 Å². The fraction of sp³-hybridized carbons (Fsp3) is 0.500. The highest BCUT2D eigenvalue weighted by molar-refractivity contribution is 5.95. The number of rotatable bonds is 3. The molecular weight excluding hydrogens is 270 g/mol. The lowest BCUT2D eigenvalue weighted by molar-refractivity contribution is -0.906. The first-order valence-corrected chi connectivity index (χ1v) is 7.00. The van der Waals surface area contributed by atoms with Crippen molar-refractivity contribution in [2.45, 2.75) is 0 Å². The van der Waals surface area contributed by atoms with Gasteiger partial charge < -0.3 is 16.0 Å². The number of carbonyl (C=O) groups is 1. The van der Waals surface area contributed by atoms with Gasteiger partial charge in [0, 0.05) is 18.8 Å². The minimum atomic E-state index is -0.362. The van der Waals surface area contributed by atoms with Crippen molar-refractivity contribution in [1.82, 2.24) is 4.90 Å². The maximum Gasteiger partial charge on any atom is 0.305 e. The zero-order valence-corrected chi connectivity index (χ0v) is 12.6. The van der Waals surface area contributed by atoms with Crippen LogP contribution in [0.4, 0.5) is 17.1 Å². The molecule has 0 aliphatic carbocycles. The SMILES string of the molecule is CN1CC[N+](C)(CC(=O)N(O)c2ccc(N)cc2N)CC1. The topological polar surface area (TPSA) is 95.8 Å². The highest BCUT2D eigenvalue weighted by atomic mass is 16.5. The van der Waals surface area contributed by atoms with E-state index >= 15 is 0 Å². The molecule has 1 aliphatic heterocycles. The largest absolute Gasteiger partial charge is 0.399 e. The van der Waals surface area contributed by atoms with E-state index in [4.69, 9.17) is 11.5 Å². The molecule has 21 heavy (non-hydrogen) atoms. The number of anilines is 3. The Labute approximate surface area is 124 Å². The van der Waals surface area contributed by atoms with Crippen molar-refractivity contribution in [2.24, 2.45) is 0 Å². The molecule has 2 rings (SSSR count). The summed E-state index contributed by atoms with van der Waals surface area (Å²) >= 11 is 0. The third kappa shape index (κ3) is 3.63. The number of carbonyl (C=O) groups excluding carboxylic acids is 1. The molecule has 1 aliphatic rings. The summed E-state index contributed by atoms with van der Waals surface area (Å²) in [6, 6.07) is 4.68. The van der Waals surface area contributed by atoms with E-state index in [-0.39, 0.29) is 23.8 Å². The molecule has 0 aromatic heterocycles. The minimum absolute atomic E-state index is 0.244. The van der Waals surface area contributed by atoms with Crippen molar-refractivity contribution in [2.75, 3.05) is 63.3 Å². The molecule has 1 heterocycles. The van der Waals surface area contributed by atoms with Crippen LogP contribution in [-0.2, 0) is 4.79 Å². The van der Waals surface area contributed by atoms with Crippen LogP contribution in [0.1, 0.15) is 0 Å². The van der Waals surface area contributed by atoms with Crippen LogP contribution in [0.25, 0.3) is 0 Å².